The summed E-state index contributed by atoms with van der Waals surface area (Å²) in [6.07, 6.45) is 0.924. The number of nitrogens with one attached hydrogen (secondary N) is 1. The highest BCUT2D eigenvalue weighted by Gasteiger charge is 2.18. The third kappa shape index (κ3) is 3.69. The molecule has 1 aromatic heterocycles. The third-order valence-corrected chi connectivity index (χ3v) is 3.96. The summed E-state index contributed by atoms with van der Waals surface area (Å²) >= 11 is 1.68. The first kappa shape index (κ1) is 15.2. The highest BCUT2D eigenvalue weighted by atomic mass is 32.1. The Hall–Kier alpha value is -1.17. The number of hydrogen-bond donors (Lipinski definition) is 1. The number of thiazole rings is 1. The molecule has 0 aliphatic carbocycles. The quantitative estimate of drug-likeness (QED) is 0.844. The van der Waals surface area contributed by atoms with Crippen LogP contribution in [0.5, 0.6) is 5.75 Å². The van der Waals surface area contributed by atoms with Gasteiger partial charge in [-0.15, -0.1) is 11.3 Å². The zero-order valence-corrected chi connectivity index (χ0v) is 13.5. The number of hydrogen-bond acceptors (Lipinski definition) is 5. The highest BCUT2D eigenvalue weighted by molar-refractivity contribution is 7.18. The number of methoxy groups -OCH3 is 1. The van der Waals surface area contributed by atoms with Gasteiger partial charge in [0.1, 0.15) is 10.8 Å². The summed E-state index contributed by atoms with van der Waals surface area (Å²) in [7, 11) is 1.68. The summed E-state index contributed by atoms with van der Waals surface area (Å²) in [5.74, 6) is 0.861. The van der Waals surface area contributed by atoms with Crippen molar-refractivity contribution in [2.75, 3.05) is 7.11 Å². The van der Waals surface area contributed by atoms with Crippen LogP contribution < -0.4 is 10.2 Å². The first-order valence-corrected chi connectivity index (χ1v) is 7.62. The van der Waals surface area contributed by atoms with Crippen molar-refractivity contribution in [3.63, 3.8) is 0 Å². The van der Waals surface area contributed by atoms with Gasteiger partial charge in [-0.2, -0.15) is 5.48 Å². The Labute approximate surface area is 124 Å². The van der Waals surface area contributed by atoms with E-state index in [9.17, 15) is 0 Å². The van der Waals surface area contributed by atoms with Gasteiger partial charge in [-0.1, -0.05) is 6.92 Å². The van der Waals surface area contributed by atoms with Gasteiger partial charge < -0.3 is 4.74 Å². The lowest BCUT2D eigenvalue weighted by atomic mass is 10.2. The van der Waals surface area contributed by atoms with Crippen LogP contribution in [-0.4, -0.2) is 17.7 Å². The van der Waals surface area contributed by atoms with Crippen molar-refractivity contribution in [2.24, 2.45) is 0 Å². The van der Waals surface area contributed by atoms with Gasteiger partial charge in [-0.05, 0) is 45.4 Å². The number of hydroxylamine groups is 1. The SMILES string of the molecule is CCC(NOC(C)(C)C)c1nc2ccc(OC)cc2s1. The average molecular weight is 294 g/mol. The van der Waals surface area contributed by atoms with E-state index in [1.54, 1.807) is 18.4 Å². The summed E-state index contributed by atoms with van der Waals surface area (Å²) in [4.78, 5) is 10.4. The summed E-state index contributed by atoms with van der Waals surface area (Å²) < 4.78 is 6.38. The number of ether oxygens (including phenoxy) is 1. The monoisotopic (exact) mass is 294 g/mol. The molecule has 0 fully saturated rings. The number of aromatic nitrogens is 1. The van der Waals surface area contributed by atoms with Crippen molar-refractivity contribution in [3.8, 4) is 5.75 Å². The Morgan fingerprint density at radius 1 is 1.35 bits per heavy atom. The van der Waals surface area contributed by atoms with E-state index in [-0.39, 0.29) is 11.6 Å². The molecule has 1 heterocycles. The van der Waals surface area contributed by atoms with Crippen LogP contribution in [-0.2, 0) is 4.84 Å². The van der Waals surface area contributed by atoms with E-state index in [1.165, 1.54) is 0 Å². The average Bonchev–Trinajstić information content (AvgIpc) is 2.80. The van der Waals surface area contributed by atoms with Crippen LogP contribution in [0.25, 0.3) is 10.2 Å². The lowest BCUT2D eigenvalue weighted by Gasteiger charge is -2.23. The molecule has 20 heavy (non-hydrogen) atoms. The molecule has 1 atom stereocenters. The number of rotatable bonds is 5. The Balaban J connectivity index is 2.21. The second kappa shape index (κ2) is 6.08. The first-order chi connectivity index (χ1) is 9.43. The molecule has 4 nitrogen and oxygen atoms in total. The normalized spacial score (nSPS) is 13.7. The van der Waals surface area contributed by atoms with E-state index in [4.69, 9.17) is 9.57 Å². The number of nitrogens with zero attached hydrogens (tertiary/aromatic N) is 1. The lowest BCUT2D eigenvalue weighted by Crippen LogP contribution is -2.31. The standard InChI is InChI=1S/C15H22N2O2S/c1-6-11(17-19-15(2,3)4)14-16-12-8-7-10(18-5)9-13(12)20-14/h7-9,11,17H,6H2,1-5H3. The maximum absolute atomic E-state index is 5.67. The van der Waals surface area contributed by atoms with Gasteiger partial charge in [0.05, 0.1) is 29.0 Å². The molecule has 0 amide bonds. The van der Waals surface area contributed by atoms with Crippen LogP contribution in [0.2, 0.25) is 0 Å². The number of benzene rings is 1. The van der Waals surface area contributed by atoms with Crippen molar-refractivity contribution in [1.29, 1.82) is 0 Å². The third-order valence-electron chi connectivity index (χ3n) is 2.83. The van der Waals surface area contributed by atoms with Crippen molar-refractivity contribution in [1.82, 2.24) is 10.5 Å². The van der Waals surface area contributed by atoms with Crippen molar-refractivity contribution in [3.05, 3.63) is 23.2 Å². The Morgan fingerprint density at radius 2 is 2.10 bits per heavy atom. The molecule has 0 bridgehead atoms. The van der Waals surface area contributed by atoms with Crippen molar-refractivity contribution >= 4 is 21.6 Å². The summed E-state index contributed by atoms with van der Waals surface area (Å²) in [6, 6.07) is 6.06. The minimum absolute atomic E-state index is 0.109. The molecule has 0 radical (unpaired) electrons. The van der Waals surface area contributed by atoms with Crippen LogP contribution in [0.15, 0.2) is 18.2 Å². The number of fused-ring (bicyclic) bond motifs is 1. The molecule has 2 rings (SSSR count). The van der Waals surface area contributed by atoms with Gasteiger partial charge in [0, 0.05) is 0 Å². The van der Waals surface area contributed by atoms with Gasteiger partial charge in [-0.25, -0.2) is 4.98 Å². The van der Waals surface area contributed by atoms with Gasteiger partial charge in [-0.3, -0.25) is 4.84 Å². The zero-order chi connectivity index (χ0) is 14.8. The van der Waals surface area contributed by atoms with E-state index < -0.39 is 0 Å². The minimum Gasteiger partial charge on any atom is -0.497 e. The second-order valence-electron chi connectivity index (χ2n) is 5.68. The molecule has 1 unspecified atom stereocenters. The Kier molecular flexibility index (Phi) is 4.62. The summed E-state index contributed by atoms with van der Waals surface area (Å²) in [5, 5.41) is 1.04. The molecule has 0 saturated carbocycles. The highest BCUT2D eigenvalue weighted by Crippen LogP contribution is 2.30. The van der Waals surface area contributed by atoms with E-state index in [1.807, 2.05) is 39.0 Å². The van der Waals surface area contributed by atoms with Crippen LogP contribution in [0.3, 0.4) is 0 Å². The molecule has 0 aliphatic heterocycles. The van der Waals surface area contributed by atoms with Gasteiger partial charge in [0.2, 0.25) is 0 Å². The Bertz CT molecular complexity index is 575. The van der Waals surface area contributed by atoms with Crippen LogP contribution in [0, 0.1) is 0 Å². The largest absolute Gasteiger partial charge is 0.497 e. The maximum Gasteiger partial charge on any atom is 0.120 e. The van der Waals surface area contributed by atoms with E-state index in [0.29, 0.717) is 0 Å². The zero-order valence-electron chi connectivity index (χ0n) is 12.7. The summed E-state index contributed by atoms with van der Waals surface area (Å²) in [6.45, 7) is 8.19. The predicted molar refractivity (Wildman–Crippen MR) is 83.2 cm³/mol. The molecule has 2 aromatic rings. The molecular weight excluding hydrogens is 272 g/mol. The van der Waals surface area contributed by atoms with E-state index in [0.717, 1.165) is 27.4 Å². The predicted octanol–water partition coefficient (Wildman–Crippen LogP) is 4.08. The second-order valence-corrected chi connectivity index (χ2v) is 6.74. The molecule has 1 N–H and O–H groups in total. The van der Waals surface area contributed by atoms with Crippen molar-refractivity contribution in [2.45, 2.75) is 45.8 Å². The van der Waals surface area contributed by atoms with E-state index in [2.05, 4.69) is 17.4 Å². The van der Waals surface area contributed by atoms with Crippen LogP contribution in [0.4, 0.5) is 0 Å². The topological polar surface area (TPSA) is 43.4 Å². The van der Waals surface area contributed by atoms with Gasteiger partial charge in [0.15, 0.2) is 0 Å². The van der Waals surface area contributed by atoms with Crippen LogP contribution in [0.1, 0.15) is 45.2 Å². The van der Waals surface area contributed by atoms with Gasteiger partial charge >= 0.3 is 0 Å². The molecule has 5 heteroatoms. The minimum atomic E-state index is -0.215. The summed E-state index contributed by atoms with van der Waals surface area (Å²) in [5.41, 5.74) is 3.92. The molecule has 0 aliphatic rings. The fourth-order valence-corrected chi connectivity index (χ4v) is 2.87. The maximum atomic E-state index is 5.67. The fraction of sp³-hybridized carbons (Fsp3) is 0.533. The first-order valence-electron chi connectivity index (χ1n) is 6.81. The molecular formula is C15H22N2O2S. The van der Waals surface area contributed by atoms with Crippen molar-refractivity contribution < 1.29 is 9.57 Å². The molecule has 110 valence electrons. The van der Waals surface area contributed by atoms with Crippen LogP contribution >= 0.6 is 11.3 Å². The fourth-order valence-electron chi connectivity index (χ4n) is 1.76. The smallest absolute Gasteiger partial charge is 0.120 e. The lowest BCUT2D eigenvalue weighted by molar-refractivity contribution is -0.0895. The molecule has 1 aromatic carbocycles. The van der Waals surface area contributed by atoms with Gasteiger partial charge in [0.25, 0.3) is 0 Å². The van der Waals surface area contributed by atoms with E-state index >= 15 is 0 Å². The Morgan fingerprint density at radius 3 is 2.70 bits per heavy atom. The molecule has 0 saturated heterocycles. The molecule has 0 spiro atoms.